The van der Waals surface area contributed by atoms with E-state index in [1.54, 1.807) is 6.92 Å². The lowest BCUT2D eigenvalue weighted by molar-refractivity contribution is -0.120. The molecule has 0 heterocycles. The van der Waals surface area contributed by atoms with Gasteiger partial charge in [-0.3, -0.25) is 9.59 Å². The molecule has 104 valence electrons. The van der Waals surface area contributed by atoms with Gasteiger partial charge in [-0.05, 0) is 26.0 Å². The fraction of sp³-hybridized carbons (Fsp3) is 0.385. The normalized spacial score (nSPS) is 10.1. The molecular formula is C13H18FN3O2. The van der Waals surface area contributed by atoms with Crippen LogP contribution in [0.15, 0.2) is 12.1 Å². The lowest BCUT2D eigenvalue weighted by Gasteiger charge is -2.08. The Balaban J connectivity index is 2.57. The van der Waals surface area contributed by atoms with Crippen molar-refractivity contribution in [3.8, 4) is 0 Å². The van der Waals surface area contributed by atoms with Crippen molar-refractivity contribution in [2.45, 2.75) is 20.3 Å². The molecular weight excluding hydrogens is 249 g/mol. The minimum Gasteiger partial charge on any atom is -0.398 e. The molecule has 2 amide bonds. The molecule has 1 rings (SSSR count). The lowest BCUT2D eigenvalue weighted by atomic mass is 10.1. The highest BCUT2D eigenvalue weighted by Gasteiger charge is 2.11. The average Bonchev–Trinajstić information content (AvgIpc) is 2.35. The van der Waals surface area contributed by atoms with Gasteiger partial charge in [0.05, 0.1) is 0 Å². The molecule has 0 atom stereocenters. The molecule has 0 aliphatic rings. The molecule has 0 aliphatic carbocycles. The first-order valence-corrected chi connectivity index (χ1v) is 6.06. The topological polar surface area (TPSA) is 84.2 Å². The average molecular weight is 267 g/mol. The number of benzene rings is 1. The number of rotatable bonds is 5. The standard InChI is InChI=1S/C13H18FN3O2/c1-3-16-12(18)4-5-17-13(19)9-6-10(14)8(2)11(15)7-9/h6-7H,3-5,15H2,1-2H3,(H,16,18)(H,17,19). The van der Waals surface area contributed by atoms with Crippen LogP contribution < -0.4 is 16.4 Å². The molecule has 19 heavy (non-hydrogen) atoms. The van der Waals surface area contributed by atoms with E-state index in [1.165, 1.54) is 6.07 Å². The number of nitrogen functional groups attached to an aromatic ring is 1. The number of hydrogen-bond donors (Lipinski definition) is 3. The molecule has 6 heteroatoms. The molecule has 0 saturated heterocycles. The smallest absolute Gasteiger partial charge is 0.251 e. The van der Waals surface area contributed by atoms with Gasteiger partial charge in [-0.25, -0.2) is 4.39 Å². The first kappa shape index (κ1) is 14.9. The van der Waals surface area contributed by atoms with Crippen LogP contribution in [0.4, 0.5) is 10.1 Å². The molecule has 0 aliphatic heterocycles. The van der Waals surface area contributed by atoms with Crippen molar-refractivity contribution in [1.82, 2.24) is 10.6 Å². The van der Waals surface area contributed by atoms with Crippen LogP contribution in [0.2, 0.25) is 0 Å². The van der Waals surface area contributed by atoms with Crippen molar-refractivity contribution in [2.75, 3.05) is 18.8 Å². The van der Waals surface area contributed by atoms with Crippen molar-refractivity contribution in [1.29, 1.82) is 0 Å². The third kappa shape index (κ3) is 4.24. The molecule has 1 aromatic carbocycles. The summed E-state index contributed by atoms with van der Waals surface area (Å²) >= 11 is 0. The first-order valence-electron chi connectivity index (χ1n) is 6.06. The SMILES string of the molecule is CCNC(=O)CCNC(=O)c1cc(N)c(C)c(F)c1. The monoisotopic (exact) mass is 267 g/mol. The van der Waals surface area contributed by atoms with Crippen molar-refractivity contribution >= 4 is 17.5 Å². The number of carbonyl (C=O) groups is 2. The fourth-order valence-electron chi connectivity index (χ4n) is 1.51. The maximum atomic E-state index is 13.4. The molecule has 0 unspecified atom stereocenters. The van der Waals surface area contributed by atoms with Gasteiger partial charge >= 0.3 is 0 Å². The summed E-state index contributed by atoms with van der Waals surface area (Å²) in [6, 6.07) is 2.55. The number of amides is 2. The van der Waals surface area contributed by atoms with Crippen LogP contribution in [0.1, 0.15) is 29.3 Å². The Labute approximate surface area is 111 Å². The fourth-order valence-corrected chi connectivity index (χ4v) is 1.51. The Morgan fingerprint density at radius 3 is 2.58 bits per heavy atom. The summed E-state index contributed by atoms with van der Waals surface area (Å²) in [5.41, 5.74) is 6.29. The third-order valence-corrected chi connectivity index (χ3v) is 2.66. The third-order valence-electron chi connectivity index (χ3n) is 2.66. The summed E-state index contributed by atoms with van der Waals surface area (Å²) in [6.07, 6.45) is 0.184. The summed E-state index contributed by atoms with van der Waals surface area (Å²) in [5, 5.41) is 5.15. The Morgan fingerprint density at radius 2 is 2.00 bits per heavy atom. The van der Waals surface area contributed by atoms with Crippen molar-refractivity contribution in [3.63, 3.8) is 0 Å². The second-order valence-electron chi connectivity index (χ2n) is 4.13. The number of nitrogens with one attached hydrogen (secondary N) is 2. The largest absolute Gasteiger partial charge is 0.398 e. The van der Waals surface area contributed by atoms with Gasteiger partial charge < -0.3 is 16.4 Å². The number of carbonyl (C=O) groups excluding carboxylic acids is 2. The zero-order valence-corrected chi connectivity index (χ0v) is 11.0. The second-order valence-corrected chi connectivity index (χ2v) is 4.13. The van der Waals surface area contributed by atoms with Crippen LogP contribution in [-0.4, -0.2) is 24.9 Å². The Hall–Kier alpha value is -2.11. The predicted molar refractivity (Wildman–Crippen MR) is 71.2 cm³/mol. The van der Waals surface area contributed by atoms with Crippen LogP contribution >= 0.6 is 0 Å². The minimum absolute atomic E-state index is 0.141. The van der Waals surface area contributed by atoms with Gasteiger partial charge in [0.25, 0.3) is 5.91 Å². The van der Waals surface area contributed by atoms with Crippen molar-refractivity contribution < 1.29 is 14.0 Å². The predicted octanol–water partition coefficient (Wildman–Crippen LogP) is 0.972. The highest BCUT2D eigenvalue weighted by molar-refractivity contribution is 5.95. The van der Waals surface area contributed by atoms with E-state index in [1.807, 2.05) is 6.92 Å². The van der Waals surface area contributed by atoms with E-state index in [9.17, 15) is 14.0 Å². The van der Waals surface area contributed by atoms with E-state index in [-0.39, 0.29) is 30.1 Å². The molecule has 0 radical (unpaired) electrons. The van der Waals surface area contributed by atoms with Gasteiger partial charge in [-0.1, -0.05) is 0 Å². The highest BCUT2D eigenvalue weighted by atomic mass is 19.1. The number of nitrogens with two attached hydrogens (primary N) is 1. The van der Waals surface area contributed by atoms with Gasteiger partial charge in [0.1, 0.15) is 5.82 Å². The van der Waals surface area contributed by atoms with E-state index in [0.29, 0.717) is 12.1 Å². The Bertz CT molecular complexity index is 466. The molecule has 0 fully saturated rings. The van der Waals surface area contributed by atoms with Crippen LogP contribution in [-0.2, 0) is 4.79 Å². The van der Waals surface area contributed by atoms with E-state index in [4.69, 9.17) is 5.73 Å². The maximum absolute atomic E-state index is 13.4. The van der Waals surface area contributed by atoms with E-state index < -0.39 is 11.7 Å². The van der Waals surface area contributed by atoms with E-state index in [0.717, 1.165) is 6.07 Å². The van der Waals surface area contributed by atoms with Gasteiger partial charge in [0.2, 0.25) is 5.91 Å². The summed E-state index contributed by atoms with van der Waals surface area (Å²) in [7, 11) is 0. The van der Waals surface area contributed by atoms with E-state index >= 15 is 0 Å². The lowest BCUT2D eigenvalue weighted by Crippen LogP contribution is -2.30. The number of hydrogen-bond acceptors (Lipinski definition) is 3. The Morgan fingerprint density at radius 1 is 1.32 bits per heavy atom. The van der Waals surface area contributed by atoms with Crippen LogP contribution in [0.25, 0.3) is 0 Å². The Kier molecular flexibility index (Phi) is 5.29. The van der Waals surface area contributed by atoms with Crippen LogP contribution in [0.5, 0.6) is 0 Å². The van der Waals surface area contributed by atoms with Crippen LogP contribution in [0, 0.1) is 12.7 Å². The molecule has 5 nitrogen and oxygen atoms in total. The summed E-state index contributed by atoms with van der Waals surface area (Å²) in [6.45, 7) is 4.10. The van der Waals surface area contributed by atoms with Crippen molar-refractivity contribution in [2.24, 2.45) is 0 Å². The maximum Gasteiger partial charge on any atom is 0.251 e. The zero-order valence-electron chi connectivity index (χ0n) is 11.0. The molecule has 4 N–H and O–H groups in total. The minimum atomic E-state index is -0.520. The summed E-state index contributed by atoms with van der Waals surface area (Å²) in [5.74, 6) is -1.11. The van der Waals surface area contributed by atoms with Gasteiger partial charge in [-0.15, -0.1) is 0 Å². The van der Waals surface area contributed by atoms with Crippen molar-refractivity contribution in [3.05, 3.63) is 29.1 Å². The molecule has 0 bridgehead atoms. The molecule has 0 saturated carbocycles. The van der Waals surface area contributed by atoms with Gasteiger partial charge in [0, 0.05) is 36.3 Å². The van der Waals surface area contributed by atoms with Gasteiger partial charge in [-0.2, -0.15) is 0 Å². The quantitative estimate of drug-likeness (QED) is 0.695. The number of halogens is 1. The zero-order chi connectivity index (χ0) is 14.4. The second kappa shape index (κ2) is 6.72. The van der Waals surface area contributed by atoms with Gasteiger partial charge in [0.15, 0.2) is 0 Å². The summed E-state index contributed by atoms with van der Waals surface area (Å²) < 4.78 is 13.4. The highest BCUT2D eigenvalue weighted by Crippen LogP contribution is 2.17. The summed E-state index contributed by atoms with van der Waals surface area (Å²) in [4.78, 5) is 22.9. The van der Waals surface area contributed by atoms with Crippen LogP contribution in [0.3, 0.4) is 0 Å². The first-order chi connectivity index (χ1) is 8.95. The van der Waals surface area contributed by atoms with E-state index in [2.05, 4.69) is 10.6 Å². The molecule has 0 spiro atoms. The molecule has 0 aromatic heterocycles. The number of anilines is 1. The molecule has 1 aromatic rings.